The minimum absolute atomic E-state index is 0. The molecule has 0 atom stereocenters. The third-order valence-electron chi connectivity index (χ3n) is 2.67. The molecule has 0 rings (SSSR count). The van der Waals surface area contributed by atoms with Crippen molar-refractivity contribution < 1.29 is 15.0 Å². The van der Waals surface area contributed by atoms with Gasteiger partial charge >= 0.3 is 0 Å². The van der Waals surface area contributed by atoms with Gasteiger partial charge in [0, 0.05) is 19.2 Å². The number of aliphatic hydroxyl groups is 1. The Morgan fingerprint density at radius 1 is 1.17 bits per heavy atom. The van der Waals surface area contributed by atoms with Crippen molar-refractivity contribution in [1.29, 1.82) is 0 Å². The number of allylic oxidation sites excluding steroid dienone is 1. The molecule has 0 saturated carbocycles. The second-order valence-corrected chi connectivity index (χ2v) is 4.23. The molecule has 0 spiro atoms. The smallest absolute Gasteiger partial charge is 0.223 e. The molecular formula is C13H28N2O3. The first kappa shape index (κ1) is 19.1. The molecule has 0 aromatic carbocycles. The molecule has 0 aromatic rings. The standard InChI is InChI=1S/C13H25NO3.H3N/c1-4-6-7-8-9-12(13(16)17)14(10-5-2)11(3)15;/h16-17H,4-10H2,1-3H3;1H3. The van der Waals surface area contributed by atoms with E-state index in [1.165, 1.54) is 11.8 Å². The van der Waals surface area contributed by atoms with Crippen LogP contribution >= 0.6 is 0 Å². The molecule has 0 heterocycles. The van der Waals surface area contributed by atoms with Gasteiger partial charge in [-0.3, -0.25) is 4.79 Å². The lowest BCUT2D eigenvalue weighted by atomic mass is 10.1. The fourth-order valence-corrected chi connectivity index (χ4v) is 1.78. The summed E-state index contributed by atoms with van der Waals surface area (Å²) in [7, 11) is 0. The maximum atomic E-state index is 11.4. The van der Waals surface area contributed by atoms with E-state index in [2.05, 4.69) is 6.92 Å². The largest absolute Gasteiger partial charge is 0.628 e. The van der Waals surface area contributed by atoms with Crippen molar-refractivity contribution >= 4 is 5.91 Å². The number of carbonyl (C=O) groups is 1. The van der Waals surface area contributed by atoms with Crippen LogP contribution in [-0.2, 0) is 4.79 Å². The van der Waals surface area contributed by atoms with E-state index in [1.54, 1.807) is 0 Å². The van der Waals surface area contributed by atoms with Crippen LogP contribution in [0.25, 0.3) is 0 Å². The third-order valence-corrected chi connectivity index (χ3v) is 2.67. The predicted octanol–water partition coefficient (Wildman–Crippen LogP) is 2.68. The number of nitrogens with zero attached hydrogens (tertiary/aromatic N) is 1. The van der Waals surface area contributed by atoms with Gasteiger partial charge in [-0.1, -0.05) is 33.1 Å². The SMILES string of the molecule is CCCCCC/C(=C(\[O-])O)N(CCC)C(C)=O.[NH4+]. The molecule has 0 radical (unpaired) electrons. The Morgan fingerprint density at radius 2 is 1.78 bits per heavy atom. The van der Waals surface area contributed by atoms with E-state index in [0.717, 1.165) is 32.1 Å². The number of carbonyl (C=O) groups excluding carboxylic acids is 1. The lowest BCUT2D eigenvalue weighted by Crippen LogP contribution is -2.31. The molecule has 5 N–H and O–H groups in total. The summed E-state index contributed by atoms with van der Waals surface area (Å²) in [5, 5.41) is 20.3. The summed E-state index contributed by atoms with van der Waals surface area (Å²) < 4.78 is 0. The minimum atomic E-state index is -0.967. The molecular weight excluding hydrogens is 232 g/mol. The van der Waals surface area contributed by atoms with Gasteiger partial charge < -0.3 is 21.3 Å². The Morgan fingerprint density at radius 3 is 2.17 bits per heavy atom. The number of hydrogen-bond acceptors (Lipinski definition) is 3. The zero-order valence-electron chi connectivity index (χ0n) is 12.2. The van der Waals surface area contributed by atoms with Gasteiger partial charge in [-0.2, -0.15) is 0 Å². The number of rotatable bonds is 8. The van der Waals surface area contributed by atoms with Crippen molar-refractivity contribution in [1.82, 2.24) is 11.1 Å². The first-order chi connectivity index (χ1) is 8.04. The highest BCUT2D eigenvalue weighted by molar-refractivity contribution is 5.75. The number of unbranched alkanes of at least 4 members (excludes halogenated alkanes) is 3. The molecule has 0 aliphatic heterocycles. The summed E-state index contributed by atoms with van der Waals surface area (Å²) in [5.74, 6) is -1.15. The Bertz CT molecular complexity index is 261. The summed E-state index contributed by atoms with van der Waals surface area (Å²) in [6.45, 7) is 5.96. The van der Waals surface area contributed by atoms with Gasteiger partial charge in [0.15, 0.2) is 0 Å². The topological polar surface area (TPSA) is 100 Å². The lowest BCUT2D eigenvalue weighted by Gasteiger charge is -2.26. The van der Waals surface area contributed by atoms with Crippen LogP contribution < -0.4 is 11.3 Å². The van der Waals surface area contributed by atoms with E-state index in [0.29, 0.717) is 13.0 Å². The van der Waals surface area contributed by atoms with Crippen molar-refractivity contribution in [2.75, 3.05) is 6.54 Å². The second-order valence-electron chi connectivity index (χ2n) is 4.23. The van der Waals surface area contributed by atoms with Crippen LogP contribution in [0, 0.1) is 0 Å². The van der Waals surface area contributed by atoms with E-state index < -0.39 is 5.95 Å². The van der Waals surface area contributed by atoms with Gasteiger partial charge in [-0.25, -0.2) is 0 Å². The van der Waals surface area contributed by atoms with Crippen molar-refractivity contribution in [2.24, 2.45) is 0 Å². The van der Waals surface area contributed by atoms with Crippen LogP contribution in [0.15, 0.2) is 11.6 Å². The molecule has 0 aliphatic carbocycles. The molecule has 0 aromatic heterocycles. The first-order valence-corrected chi connectivity index (χ1v) is 6.41. The number of quaternary nitrogens is 1. The molecule has 0 saturated heterocycles. The monoisotopic (exact) mass is 260 g/mol. The Kier molecular flexibility index (Phi) is 11.6. The Hall–Kier alpha value is -1.23. The minimum Gasteiger partial charge on any atom is -0.628 e. The third kappa shape index (κ3) is 7.17. The highest BCUT2D eigenvalue weighted by Gasteiger charge is 2.14. The predicted molar refractivity (Wildman–Crippen MR) is 72.1 cm³/mol. The summed E-state index contributed by atoms with van der Waals surface area (Å²) in [5.41, 5.74) is 0.246. The van der Waals surface area contributed by atoms with Gasteiger partial charge in [-0.15, -0.1) is 0 Å². The maximum Gasteiger partial charge on any atom is 0.223 e. The van der Waals surface area contributed by atoms with Gasteiger partial charge in [0.2, 0.25) is 5.91 Å². The van der Waals surface area contributed by atoms with Crippen LogP contribution in [0.3, 0.4) is 0 Å². The van der Waals surface area contributed by atoms with Crippen molar-refractivity contribution in [3.05, 3.63) is 11.6 Å². The van der Waals surface area contributed by atoms with Crippen molar-refractivity contribution in [2.45, 2.75) is 59.3 Å². The molecule has 1 amide bonds. The van der Waals surface area contributed by atoms with Crippen molar-refractivity contribution in [3.63, 3.8) is 0 Å². The maximum absolute atomic E-state index is 11.4. The van der Waals surface area contributed by atoms with Crippen LogP contribution in [0.4, 0.5) is 0 Å². The molecule has 5 heteroatoms. The van der Waals surface area contributed by atoms with E-state index in [-0.39, 0.29) is 17.8 Å². The van der Waals surface area contributed by atoms with E-state index in [9.17, 15) is 9.90 Å². The quantitative estimate of drug-likeness (QED) is 0.518. The lowest BCUT2D eigenvalue weighted by molar-refractivity contribution is -0.352. The molecule has 0 unspecified atom stereocenters. The van der Waals surface area contributed by atoms with Crippen LogP contribution in [-0.4, -0.2) is 22.5 Å². The van der Waals surface area contributed by atoms with E-state index >= 15 is 0 Å². The summed E-state index contributed by atoms with van der Waals surface area (Å²) in [4.78, 5) is 12.8. The Balaban J connectivity index is 0. The average Bonchev–Trinajstić information content (AvgIpc) is 2.26. The molecule has 0 bridgehead atoms. The summed E-state index contributed by atoms with van der Waals surface area (Å²) in [6, 6.07) is 0. The molecule has 5 nitrogen and oxygen atoms in total. The molecule has 0 fully saturated rings. The summed E-state index contributed by atoms with van der Waals surface area (Å²) >= 11 is 0. The van der Waals surface area contributed by atoms with Gasteiger partial charge in [0.1, 0.15) is 0 Å². The highest BCUT2D eigenvalue weighted by atomic mass is 16.5. The zero-order valence-corrected chi connectivity index (χ0v) is 12.2. The fourth-order valence-electron chi connectivity index (χ4n) is 1.78. The molecule has 18 heavy (non-hydrogen) atoms. The Labute approximate surface area is 110 Å². The average molecular weight is 260 g/mol. The number of hydrogen-bond donors (Lipinski definition) is 2. The van der Waals surface area contributed by atoms with E-state index in [1.807, 2.05) is 6.92 Å². The van der Waals surface area contributed by atoms with Crippen LogP contribution in [0.2, 0.25) is 0 Å². The number of amides is 1. The summed E-state index contributed by atoms with van der Waals surface area (Å²) in [6.07, 6.45) is 5.34. The van der Waals surface area contributed by atoms with Crippen LogP contribution in [0.5, 0.6) is 0 Å². The fraction of sp³-hybridized carbons (Fsp3) is 0.769. The van der Waals surface area contributed by atoms with Gasteiger partial charge in [0.25, 0.3) is 0 Å². The van der Waals surface area contributed by atoms with Crippen LogP contribution in [0.1, 0.15) is 59.3 Å². The van der Waals surface area contributed by atoms with E-state index in [4.69, 9.17) is 5.11 Å². The van der Waals surface area contributed by atoms with Gasteiger partial charge in [0.05, 0.1) is 5.95 Å². The van der Waals surface area contributed by atoms with Gasteiger partial charge in [-0.05, 0) is 19.3 Å². The first-order valence-electron chi connectivity index (χ1n) is 6.41. The van der Waals surface area contributed by atoms with Crippen molar-refractivity contribution in [3.8, 4) is 0 Å². The number of aliphatic hydroxyl groups excluding tert-OH is 1. The molecule has 0 aliphatic rings. The highest BCUT2D eigenvalue weighted by Crippen LogP contribution is 2.16. The zero-order chi connectivity index (χ0) is 13.3. The second kappa shape index (κ2) is 10.9. The normalized spacial score (nSPS) is 11.5. The molecule has 108 valence electrons.